The van der Waals surface area contributed by atoms with Crippen LogP contribution in [0.5, 0.6) is 0 Å². The van der Waals surface area contributed by atoms with Crippen LogP contribution in [0, 0.1) is 0 Å². The van der Waals surface area contributed by atoms with Gasteiger partial charge in [0.05, 0.1) is 12.6 Å². The molecule has 0 aromatic rings. The van der Waals surface area contributed by atoms with Crippen LogP contribution in [0.2, 0.25) is 0 Å². The van der Waals surface area contributed by atoms with Gasteiger partial charge in [0.2, 0.25) is 0 Å². The topological polar surface area (TPSA) is 72.5 Å². The fraction of sp³-hybridized carbons (Fsp3) is 0.842. The summed E-state index contributed by atoms with van der Waals surface area (Å²) in [6, 6.07) is -0.547. The van der Waals surface area contributed by atoms with Crippen molar-refractivity contribution in [3.63, 3.8) is 0 Å². The van der Waals surface area contributed by atoms with Gasteiger partial charge in [0.25, 0.3) is 6.47 Å². The third-order valence-corrected chi connectivity index (χ3v) is 4.15. The molecule has 0 bridgehead atoms. The summed E-state index contributed by atoms with van der Waals surface area (Å²) in [6.45, 7) is 2.44. The lowest BCUT2D eigenvalue weighted by Gasteiger charge is -2.16. The molecule has 0 aliphatic heterocycles. The molecule has 0 unspecified atom stereocenters. The van der Waals surface area contributed by atoms with Gasteiger partial charge in [-0.2, -0.15) is 0 Å². The first kappa shape index (κ1) is 22.1. The molecule has 0 aromatic heterocycles. The standard InChI is InChI=1S/C19H37NO3/c1-2-3-4-5-6-7-8-9-10-11-12-13-14-15-19(23-17-22)18(20)16-21/h14-15,17-19,21H,2-13,16,20H2,1H3/b15-14+/t18-,19+/m0/s1. The maximum absolute atomic E-state index is 10.4. The monoisotopic (exact) mass is 327 g/mol. The van der Waals surface area contributed by atoms with Gasteiger partial charge in [0.15, 0.2) is 0 Å². The van der Waals surface area contributed by atoms with Gasteiger partial charge in [0.1, 0.15) is 6.10 Å². The molecule has 0 amide bonds. The Morgan fingerprint density at radius 3 is 1.96 bits per heavy atom. The van der Waals surface area contributed by atoms with Crippen molar-refractivity contribution in [1.29, 1.82) is 0 Å². The quantitative estimate of drug-likeness (QED) is 0.240. The molecule has 0 fully saturated rings. The summed E-state index contributed by atoms with van der Waals surface area (Å²) >= 11 is 0. The first-order chi connectivity index (χ1) is 11.3. The summed E-state index contributed by atoms with van der Waals surface area (Å²) in [5.74, 6) is 0. The lowest BCUT2D eigenvalue weighted by molar-refractivity contribution is -0.132. The van der Waals surface area contributed by atoms with Gasteiger partial charge in [-0.05, 0) is 18.9 Å². The van der Waals surface area contributed by atoms with E-state index in [1.807, 2.05) is 6.08 Å². The van der Waals surface area contributed by atoms with Crippen LogP contribution in [-0.4, -0.2) is 30.3 Å². The molecule has 0 saturated carbocycles. The highest BCUT2D eigenvalue weighted by atomic mass is 16.5. The maximum Gasteiger partial charge on any atom is 0.293 e. The number of carbonyl (C=O) groups is 1. The summed E-state index contributed by atoms with van der Waals surface area (Å²) in [4.78, 5) is 10.4. The molecule has 0 saturated heterocycles. The number of aliphatic hydroxyl groups is 1. The number of aliphatic hydroxyl groups excluding tert-OH is 1. The van der Waals surface area contributed by atoms with E-state index < -0.39 is 12.1 Å². The van der Waals surface area contributed by atoms with Gasteiger partial charge in [-0.25, -0.2) is 0 Å². The summed E-state index contributed by atoms with van der Waals surface area (Å²) in [6.07, 6.45) is 18.9. The number of rotatable bonds is 17. The maximum atomic E-state index is 10.4. The Kier molecular flexibility index (Phi) is 16.8. The van der Waals surface area contributed by atoms with Crippen molar-refractivity contribution in [1.82, 2.24) is 0 Å². The summed E-state index contributed by atoms with van der Waals surface area (Å²) in [7, 11) is 0. The van der Waals surface area contributed by atoms with Crippen LogP contribution in [0.15, 0.2) is 12.2 Å². The van der Waals surface area contributed by atoms with Crippen molar-refractivity contribution in [2.24, 2.45) is 5.73 Å². The Balaban J connectivity index is 3.43. The van der Waals surface area contributed by atoms with Crippen molar-refractivity contribution in [2.75, 3.05) is 6.61 Å². The zero-order chi connectivity index (χ0) is 17.2. The predicted octanol–water partition coefficient (Wildman–Crippen LogP) is 4.10. The van der Waals surface area contributed by atoms with E-state index in [4.69, 9.17) is 15.6 Å². The average Bonchev–Trinajstić information content (AvgIpc) is 2.57. The van der Waals surface area contributed by atoms with Crippen LogP contribution in [0.4, 0.5) is 0 Å². The van der Waals surface area contributed by atoms with Gasteiger partial charge < -0.3 is 15.6 Å². The van der Waals surface area contributed by atoms with Crippen LogP contribution in [0.3, 0.4) is 0 Å². The van der Waals surface area contributed by atoms with Crippen molar-refractivity contribution in [2.45, 2.75) is 96.1 Å². The lowest BCUT2D eigenvalue weighted by atomic mass is 10.0. The predicted molar refractivity (Wildman–Crippen MR) is 96.2 cm³/mol. The van der Waals surface area contributed by atoms with E-state index >= 15 is 0 Å². The van der Waals surface area contributed by atoms with Crippen molar-refractivity contribution >= 4 is 6.47 Å². The molecule has 0 rings (SSSR count). The molecule has 0 heterocycles. The van der Waals surface area contributed by atoms with E-state index in [9.17, 15) is 4.79 Å². The summed E-state index contributed by atoms with van der Waals surface area (Å²) in [5, 5.41) is 8.98. The number of allylic oxidation sites excluding steroid dienone is 1. The number of nitrogens with two attached hydrogens (primary N) is 1. The Morgan fingerprint density at radius 1 is 0.957 bits per heavy atom. The van der Waals surface area contributed by atoms with E-state index in [1.54, 1.807) is 6.08 Å². The molecule has 4 nitrogen and oxygen atoms in total. The minimum absolute atomic E-state index is 0.193. The second kappa shape index (κ2) is 17.5. The molecule has 4 heteroatoms. The Hall–Kier alpha value is -0.870. The molecule has 0 aromatic carbocycles. The van der Waals surface area contributed by atoms with Crippen molar-refractivity contribution < 1.29 is 14.6 Å². The molecule has 0 aliphatic carbocycles. The minimum atomic E-state index is -0.547. The Bertz CT molecular complexity index is 282. The van der Waals surface area contributed by atoms with Crippen LogP contribution < -0.4 is 5.73 Å². The van der Waals surface area contributed by atoms with E-state index in [0.29, 0.717) is 6.47 Å². The minimum Gasteiger partial charge on any atom is -0.459 e. The van der Waals surface area contributed by atoms with Crippen LogP contribution in [0.1, 0.15) is 84.0 Å². The molecular formula is C19H37NO3. The van der Waals surface area contributed by atoms with Crippen LogP contribution in [-0.2, 0) is 9.53 Å². The number of unbranched alkanes of at least 4 members (excludes halogenated alkanes) is 11. The molecule has 0 radical (unpaired) electrons. The smallest absolute Gasteiger partial charge is 0.293 e. The number of hydrogen-bond acceptors (Lipinski definition) is 4. The lowest BCUT2D eigenvalue weighted by Crippen LogP contribution is -2.38. The number of ether oxygens (including phenoxy) is 1. The third-order valence-electron chi connectivity index (χ3n) is 4.15. The third kappa shape index (κ3) is 14.5. The van der Waals surface area contributed by atoms with Crippen molar-refractivity contribution in [3.8, 4) is 0 Å². The molecule has 0 spiro atoms. The van der Waals surface area contributed by atoms with Gasteiger partial charge in [-0.15, -0.1) is 0 Å². The van der Waals surface area contributed by atoms with Gasteiger partial charge >= 0.3 is 0 Å². The zero-order valence-electron chi connectivity index (χ0n) is 14.9. The Labute approximate surface area is 142 Å². The highest BCUT2D eigenvalue weighted by Gasteiger charge is 2.14. The molecule has 23 heavy (non-hydrogen) atoms. The summed E-state index contributed by atoms with van der Waals surface area (Å²) in [5.41, 5.74) is 5.67. The molecule has 2 atom stereocenters. The van der Waals surface area contributed by atoms with E-state index in [0.717, 1.165) is 12.8 Å². The fourth-order valence-electron chi connectivity index (χ4n) is 2.61. The van der Waals surface area contributed by atoms with Crippen LogP contribution in [0.25, 0.3) is 0 Å². The first-order valence-corrected chi connectivity index (χ1v) is 9.38. The molecule has 3 N–H and O–H groups in total. The fourth-order valence-corrected chi connectivity index (χ4v) is 2.61. The summed E-state index contributed by atoms with van der Waals surface area (Å²) < 4.78 is 4.85. The molecule has 136 valence electrons. The van der Waals surface area contributed by atoms with Crippen LogP contribution >= 0.6 is 0 Å². The van der Waals surface area contributed by atoms with Crippen molar-refractivity contribution in [3.05, 3.63) is 12.2 Å². The van der Waals surface area contributed by atoms with Gasteiger partial charge in [-0.1, -0.05) is 77.2 Å². The number of carbonyl (C=O) groups excluding carboxylic acids is 1. The second-order valence-corrected chi connectivity index (χ2v) is 6.30. The van der Waals surface area contributed by atoms with E-state index in [1.165, 1.54) is 64.2 Å². The second-order valence-electron chi connectivity index (χ2n) is 6.30. The molecular weight excluding hydrogens is 290 g/mol. The molecule has 0 aliphatic rings. The number of hydrogen-bond donors (Lipinski definition) is 2. The normalized spacial score (nSPS) is 14.0. The van der Waals surface area contributed by atoms with E-state index in [-0.39, 0.29) is 6.61 Å². The van der Waals surface area contributed by atoms with Gasteiger partial charge in [-0.3, -0.25) is 4.79 Å². The average molecular weight is 328 g/mol. The first-order valence-electron chi connectivity index (χ1n) is 9.38. The largest absolute Gasteiger partial charge is 0.459 e. The highest BCUT2D eigenvalue weighted by molar-refractivity contribution is 5.38. The van der Waals surface area contributed by atoms with E-state index in [2.05, 4.69) is 6.92 Å². The van der Waals surface area contributed by atoms with Gasteiger partial charge in [0, 0.05) is 0 Å². The Morgan fingerprint density at radius 2 is 1.48 bits per heavy atom. The zero-order valence-corrected chi connectivity index (χ0v) is 14.9. The SMILES string of the molecule is CCCCCCCCCCCCC/C=C/[C@@H](OC=O)[C@@H](N)CO. The highest BCUT2D eigenvalue weighted by Crippen LogP contribution is 2.12.